The molecule has 4 aromatic rings. The summed E-state index contributed by atoms with van der Waals surface area (Å²) in [5, 5.41) is 18.7. The second-order valence-electron chi connectivity index (χ2n) is 7.16. The highest BCUT2D eigenvalue weighted by atomic mass is 16.6. The molecule has 0 aliphatic heterocycles. The van der Waals surface area contributed by atoms with Crippen LogP contribution in [0.25, 0.3) is 16.9 Å². The largest absolute Gasteiger partial charge is 0.497 e. The van der Waals surface area contributed by atoms with Crippen LogP contribution in [0.5, 0.6) is 5.75 Å². The first-order valence-corrected chi connectivity index (χ1v) is 10.2. The number of carbonyl (C=O) groups excluding carboxylic acids is 1. The number of nitro groups is 1. The maximum Gasteiger partial charge on any atom is 0.271 e. The molecule has 0 saturated carbocycles. The van der Waals surface area contributed by atoms with Crippen molar-refractivity contribution in [3.05, 3.63) is 100 Å². The lowest BCUT2D eigenvalue weighted by Gasteiger charge is -2.08. The number of hydrogen-bond donors (Lipinski definition) is 1. The van der Waals surface area contributed by atoms with Crippen LogP contribution in [0.4, 0.5) is 5.69 Å². The first-order chi connectivity index (χ1) is 16.0. The van der Waals surface area contributed by atoms with Gasteiger partial charge in [0.25, 0.3) is 11.6 Å². The van der Waals surface area contributed by atoms with E-state index in [1.54, 1.807) is 31.5 Å². The molecule has 0 aliphatic carbocycles. The molecule has 0 saturated heterocycles. The van der Waals surface area contributed by atoms with Crippen molar-refractivity contribution >= 4 is 11.6 Å². The highest BCUT2D eigenvalue weighted by Gasteiger charge is 2.19. The second-order valence-corrected chi connectivity index (χ2v) is 7.16. The van der Waals surface area contributed by atoms with Gasteiger partial charge in [-0.15, -0.1) is 0 Å². The van der Waals surface area contributed by atoms with Gasteiger partial charge >= 0.3 is 0 Å². The fourth-order valence-corrected chi connectivity index (χ4v) is 3.34. The SMILES string of the molecule is COc1cccc(-c2cc(C(=O)NCCc3ccccn3)n(-c3cccc([N+](=O)[O-])c3)n2)c1. The summed E-state index contributed by atoms with van der Waals surface area (Å²) in [6, 6.07) is 20.6. The zero-order chi connectivity index (χ0) is 23.2. The smallest absolute Gasteiger partial charge is 0.271 e. The molecule has 2 aromatic heterocycles. The van der Waals surface area contributed by atoms with Gasteiger partial charge in [-0.05, 0) is 36.4 Å². The van der Waals surface area contributed by atoms with Crippen molar-refractivity contribution in [2.45, 2.75) is 6.42 Å². The summed E-state index contributed by atoms with van der Waals surface area (Å²) in [5.41, 5.74) is 2.73. The Labute approximate surface area is 189 Å². The minimum atomic E-state index is -0.484. The van der Waals surface area contributed by atoms with E-state index < -0.39 is 4.92 Å². The van der Waals surface area contributed by atoms with E-state index in [4.69, 9.17) is 4.74 Å². The number of pyridine rings is 1. The van der Waals surface area contributed by atoms with Crippen molar-refractivity contribution in [3.63, 3.8) is 0 Å². The third-order valence-corrected chi connectivity index (χ3v) is 4.99. The zero-order valence-corrected chi connectivity index (χ0v) is 17.8. The molecule has 1 amide bonds. The molecular weight excluding hydrogens is 422 g/mol. The molecule has 0 aliphatic rings. The van der Waals surface area contributed by atoms with E-state index >= 15 is 0 Å². The fourth-order valence-electron chi connectivity index (χ4n) is 3.34. The average molecular weight is 443 g/mol. The Balaban J connectivity index is 1.67. The molecule has 0 radical (unpaired) electrons. The van der Waals surface area contributed by atoms with Crippen LogP contribution in [0.15, 0.2) is 79.0 Å². The second kappa shape index (κ2) is 9.73. The summed E-state index contributed by atoms with van der Waals surface area (Å²) in [6.45, 7) is 0.379. The van der Waals surface area contributed by atoms with Crippen LogP contribution < -0.4 is 10.1 Å². The Bertz CT molecular complexity index is 1290. The Morgan fingerprint density at radius 2 is 1.94 bits per heavy atom. The Kier molecular flexibility index (Phi) is 6.40. The van der Waals surface area contributed by atoms with E-state index in [1.165, 1.54) is 16.8 Å². The van der Waals surface area contributed by atoms with Crippen LogP contribution in [0, 0.1) is 10.1 Å². The van der Waals surface area contributed by atoms with Gasteiger partial charge in [0.2, 0.25) is 0 Å². The van der Waals surface area contributed by atoms with Gasteiger partial charge in [0.1, 0.15) is 11.4 Å². The molecule has 9 nitrogen and oxygen atoms in total. The van der Waals surface area contributed by atoms with Crippen LogP contribution in [-0.2, 0) is 6.42 Å². The number of non-ortho nitro benzene ring substituents is 1. The number of methoxy groups -OCH3 is 1. The predicted octanol–water partition coefficient (Wildman–Crippen LogP) is 3.82. The Hall–Kier alpha value is -4.53. The molecule has 2 heterocycles. The van der Waals surface area contributed by atoms with Crippen molar-refractivity contribution in [2.75, 3.05) is 13.7 Å². The van der Waals surface area contributed by atoms with Gasteiger partial charge in [-0.1, -0.05) is 24.3 Å². The molecule has 0 bridgehead atoms. The lowest BCUT2D eigenvalue weighted by Crippen LogP contribution is -2.28. The van der Waals surface area contributed by atoms with Crippen molar-refractivity contribution < 1.29 is 14.5 Å². The van der Waals surface area contributed by atoms with Gasteiger partial charge in [0, 0.05) is 42.6 Å². The van der Waals surface area contributed by atoms with E-state index in [1.807, 2.05) is 42.5 Å². The van der Waals surface area contributed by atoms with Gasteiger partial charge in [-0.3, -0.25) is 19.9 Å². The van der Waals surface area contributed by atoms with E-state index in [9.17, 15) is 14.9 Å². The number of nitrogens with one attached hydrogen (secondary N) is 1. The van der Waals surface area contributed by atoms with Crippen molar-refractivity contribution in [2.24, 2.45) is 0 Å². The third-order valence-electron chi connectivity index (χ3n) is 4.99. The number of aromatic nitrogens is 3. The first kappa shape index (κ1) is 21.7. The van der Waals surface area contributed by atoms with Gasteiger partial charge in [0.05, 0.1) is 23.4 Å². The standard InChI is InChI=1S/C24H21N5O4/c1-33-21-10-4-6-17(14-21)22-16-23(24(30)26-13-11-18-7-2-3-12-25-18)28(27-22)19-8-5-9-20(15-19)29(31)32/h2-10,12,14-16H,11,13H2,1H3,(H,26,30). The maximum absolute atomic E-state index is 13.1. The summed E-state index contributed by atoms with van der Waals surface area (Å²) in [4.78, 5) is 28.1. The van der Waals surface area contributed by atoms with Gasteiger partial charge < -0.3 is 10.1 Å². The molecule has 166 valence electrons. The molecule has 0 spiro atoms. The first-order valence-electron chi connectivity index (χ1n) is 10.2. The predicted molar refractivity (Wildman–Crippen MR) is 122 cm³/mol. The molecule has 0 fully saturated rings. The van der Waals surface area contributed by atoms with E-state index in [0.29, 0.717) is 30.1 Å². The highest BCUT2D eigenvalue weighted by Crippen LogP contribution is 2.26. The molecule has 0 unspecified atom stereocenters. The molecular formula is C24H21N5O4. The van der Waals surface area contributed by atoms with Crippen molar-refractivity contribution in [1.29, 1.82) is 0 Å². The van der Waals surface area contributed by atoms with Crippen molar-refractivity contribution in [3.8, 4) is 22.7 Å². The molecule has 9 heteroatoms. The van der Waals surface area contributed by atoms with Crippen LogP contribution in [-0.4, -0.2) is 39.2 Å². The van der Waals surface area contributed by atoms with Gasteiger partial charge in [0.15, 0.2) is 0 Å². The number of nitro benzene ring substituents is 1. The summed E-state index contributed by atoms with van der Waals surface area (Å²) in [5.74, 6) is 0.304. The number of benzene rings is 2. The Morgan fingerprint density at radius 3 is 2.70 bits per heavy atom. The molecule has 0 atom stereocenters. The van der Waals surface area contributed by atoms with Gasteiger partial charge in [-0.25, -0.2) is 4.68 Å². The molecule has 2 aromatic carbocycles. The number of ether oxygens (including phenoxy) is 1. The van der Waals surface area contributed by atoms with Crippen LogP contribution in [0.3, 0.4) is 0 Å². The lowest BCUT2D eigenvalue weighted by molar-refractivity contribution is -0.384. The number of amides is 1. The van der Waals surface area contributed by atoms with Crippen molar-refractivity contribution in [1.82, 2.24) is 20.1 Å². The number of carbonyl (C=O) groups is 1. The summed E-state index contributed by atoms with van der Waals surface area (Å²) in [7, 11) is 1.57. The third kappa shape index (κ3) is 5.04. The monoisotopic (exact) mass is 443 g/mol. The quantitative estimate of drug-likeness (QED) is 0.327. The summed E-state index contributed by atoms with van der Waals surface area (Å²) >= 11 is 0. The van der Waals surface area contributed by atoms with E-state index in [2.05, 4.69) is 15.4 Å². The zero-order valence-electron chi connectivity index (χ0n) is 17.8. The number of rotatable bonds is 8. The van der Waals surface area contributed by atoms with E-state index in [-0.39, 0.29) is 17.3 Å². The molecule has 4 rings (SSSR count). The Morgan fingerprint density at radius 1 is 1.09 bits per heavy atom. The highest BCUT2D eigenvalue weighted by molar-refractivity contribution is 5.94. The summed E-state index contributed by atoms with van der Waals surface area (Å²) < 4.78 is 6.70. The lowest BCUT2D eigenvalue weighted by atomic mass is 10.1. The summed E-state index contributed by atoms with van der Waals surface area (Å²) in [6.07, 6.45) is 2.27. The minimum absolute atomic E-state index is 0.0903. The topological polar surface area (TPSA) is 112 Å². The molecule has 33 heavy (non-hydrogen) atoms. The minimum Gasteiger partial charge on any atom is -0.497 e. The van der Waals surface area contributed by atoms with Crippen LogP contribution in [0.2, 0.25) is 0 Å². The fraction of sp³-hybridized carbons (Fsp3) is 0.125. The van der Waals surface area contributed by atoms with E-state index in [0.717, 1.165) is 11.3 Å². The number of hydrogen-bond acceptors (Lipinski definition) is 6. The van der Waals surface area contributed by atoms with Crippen LogP contribution in [0.1, 0.15) is 16.2 Å². The molecule has 1 N–H and O–H groups in total. The van der Waals surface area contributed by atoms with Gasteiger partial charge in [-0.2, -0.15) is 5.10 Å². The average Bonchev–Trinajstić information content (AvgIpc) is 3.30. The maximum atomic E-state index is 13.1. The normalized spacial score (nSPS) is 10.6. The number of nitrogens with zero attached hydrogens (tertiary/aromatic N) is 4. The van der Waals surface area contributed by atoms with Crippen LogP contribution >= 0.6 is 0 Å².